The van der Waals surface area contributed by atoms with Crippen LogP contribution in [0.4, 0.5) is 0 Å². The van der Waals surface area contributed by atoms with Crippen molar-refractivity contribution in [1.82, 2.24) is 5.32 Å². The zero-order valence-corrected chi connectivity index (χ0v) is 18.5. The lowest BCUT2D eigenvalue weighted by molar-refractivity contribution is -0.586. The lowest BCUT2D eigenvalue weighted by atomic mass is 9.79. The summed E-state index contributed by atoms with van der Waals surface area (Å²) >= 11 is 0. The van der Waals surface area contributed by atoms with Gasteiger partial charge in [-0.15, -0.1) is 0 Å². The normalized spacial score (nSPS) is 22.4. The Morgan fingerprint density at radius 1 is 1.19 bits per heavy atom. The maximum absolute atomic E-state index is 5.92. The average Bonchev–Trinajstić information content (AvgIpc) is 2.90. The third-order valence-corrected chi connectivity index (χ3v) is 6.64. The van der Waals surface area contributed by atoms with Gasteiger partial charge < -0.3 is 10.1 Å². The lowest BCUT2D eigenvalue weighted by Gasteiger charge is -2.30. The van der Waals surface area contributed by atoms with Crippen molar-refractivity contribution in [3.8, 4) is 0 Å². The van der Waals surface area contributed by atoms with Crippen molar-refractivity contribution in [3.63, 3.8) is 0 Å². The fourth-order valence-electron chi connectivity index (χ4n) is 5.10. The average molecular weight is 423 g/mol. The zero-order chi connectivity index (χ0) is 22.4. The van der Waals surface area contributed by atoms with Crippen LogP contribution in [0.1, 0.15) is 41.1 Å². The molecule has 5 rings (SSSR count). The highest BCUT2D eigenvalue weighted by molar-refractivity contribution is 6.10. The summed E-state index contributed by atoms with van der Waals surface area (Å²) in [5, 5.41) is 3.30. The van der Waals surface area contributed by atoms with Crippen molar-refractivity contribution in [3.05, 3.63) is 115 Å². The molecule has 2 unspecified atom stereocenters. The summed E-state index contributed by atoms with van der Waals surface area (Å²) in [6, 6.07) is 12.7. The number of benzene rings is 1. The minimum Gasteiger partial charge on any atom is -0.442 e. The molecule has 4 nitrogen and oxygen atoms in total. The molecule has 0 radical (unpaired) electrons. The Morgan fingerprint density at radius 3 is 2.81 bits per heavy atom. The standard InChI is InChI=1S/C28H28N3O/c1-6-25-23-10-8-7-9-22(23)24-12-11-21-16-29-20(5)32-19(4)27(21)26-15-17(2)13-14-31(26)18(3)28(24)30-25/h6-10,13-15,24,28-29H,1,3-5,11-12,16H2,2H3/q+1. The molecule has 0 saturated carbocycles. The van der Waals surface area contributed by atoms with Crippen molar-refractivity contribution in [1.29, 1.82) is 0 Å². The molecule has 0 aliphatic carbocycles. The second-order valence-corrected chi connectivity index (χ2v) is 8.63. The third kappa shape index (κ3) is 3.23. The summed E-state index contributed by atoms with van der Waals surface area (Å²) < 4.78 is 8.08. The Morgan fingerprint density at radius 2 is 2.00 bits per heavy atom. The van der Waals surface area contributed by atoms with E-state index in [9.17, 15) is 0 Å². The molecule has 3 aliphatic rings. The maximum Gasteiger partial charge on any atom is 0.222 e. The second-order valence-electron chi connectivity index (χ2n) is 8.63. The van der Waals surface area contributed by atoms with Gasteiger partial charge in [-0.2, -0.15) is 4.57 Å². The van der Waals surface area contributed by atoms with Gasteiger partial charge in [0, 0.05) is 30.2 Å². The first-order valence-corrected chi connectivity index (χ1v) is 11.0. The Bertz CT molecular complexity index is 1250. The SMILES string of the molecule is C=CC1=NC2C(=C)[n+]3ccc(C)cc3C3=C(CCC2c2ccccc21)CNC(=C)OC3=C. The first kappa shape index (κ1) is 20.3. The molecule has 0 saturated heterocycles. The number of nitrogens with one attached hydrogen (secondary N) is 1. The molecule has 4 heteroatoms. The number of allylic oxidation sites excluding steroid dienone is 2. The Labute approximate surface area is 189 Å². The van der Waals surface area contributed by atoms with Crippen LogP contribution in [0, 0.1) is 6.92 Å². The highest BCUT2D eigenvalue weighted by Gasteiger charge is 2.39. The maximum atomic E-state index is 5.92. The molecular formula is C28H28N3O+. The van der Waals surface area contributed by atoms with Gasteiger partial charge >= 0.3 is 0 Å². The Balaban J connectivity index is 1.75. The summed E-state index contributed by atoms with van der Waals surface area (Å²) in [6.07, 6.45) is 5.79. The molecule has 1 N–H and O–H groups in total. The highest BCUT2D eigenvalue weighted by atomic mass is 16.5. The number of aryl methyl sites for hydroxylation is 1. The second kappa shape index (κ2) is 7.79. The number of hydrogen-bond acceptors (Lipinski definition) is 3. The third-order valence-electron chi connectivity index (χ3n) is 6.64. The van der Waals surface area contributed by atoms with E-state index in [2.05, 4.69) is 85.7 Å². The van der Waals surface area contributed by atoms with Crippen molar-refractivity contribution in [2.24, 2.45) is 4.99 Å². The quantitative estimate of drug-likeness (QED) is 0.654. The number of ether oxygens (including phenoxy) is 1. The summed E-state index contributed by atoms with van der Waals surface area (Å²) in [4.78, 5) is 5.15. The van der Waals surface area contributed by atoms with E-state index in [0.29, 0.717) is 18.2 Å². The van der Waals surface area contributed by atoms with Gasteiger partial charge in [0.2, 0.25) is 11.4 Å². The van der Waals surface area contributed by atoms with Gasteiger partial charge in [-0.3, -0.25) is 4.99 Å². The van der Waals surface area contributed by atoms with Crippen LogP contribution in [0.15, 0.2) is 97.2 Å². The van der Waals surface area contributed by atoms with E-state index < -0.39 is 0 Å². The molecule has 0 fully saturated rings. The molecule has 0 spiro atoms. The number of aliphatic imine (C=N–C) groups is 1. The smallest absolute Gasteiger partial charge is 0.222 e. The van der Waals surface area contributed by atoms with Crippen LogP contribution in [0.3, 0.4) is 0 Å². The minimum absolute atomic E-state index is 0.0787. The van der Waals surface area contributed by atoms with Crippen LogP contribution < -0.4 is 9.88 Å². The van der Waals surface area contributed by atoms with Crippen LogP contribution in [0.5, 0.6) is 0 Å². The van der Waals surface area contributed by atoms with Gasteiger partial charge in [-0.25, -0.2) is 0 Å². The van der Waals surface area contributed by atoms with Crippen LogP contribution >= 0.6 is 0 Å². The molecule has 0 bridgehead atoms. The topological polar surface area (TPSA) is 37.5 Å². The summed E-state index contributed by atoms with van der Waals surface area (Å²) in [5.41, 5.74) is 8.83. The van der Waals surface area contributed by atoms with Crippen LogP contribution in [-0.4, -0.2) is 18.3 Å². The number of rotatable bonds is 1. The van der Waals surface area contributed by atoms with Gasteiger partial charge in [-0.05, 0) is 55.7 Å². The molecular weight excluding hydrogens is 394 g/mol. The van der Waals surface area contributed by atoms with Crippen molar-refractivity contribution in [2.75, 3.05) is 6.54 Å². The number of aromatic nitrogens is 1. The van der Waals surface area contributed by atoms with E-state index in [1.807, 2.05) is 6.08 Å². The van der Waals surface area contributed by atoms with Gasteiger partial charge in [0.05, 0.1) is 11.3 Å². The Kier molecular flexibility index (Phi) is 4.93. The molecule has 4 heterocycles. The Hall–Kier alpha value is -3.66. The van der Waals surface area contributed by atoms with Gasteiger partial charge in [0.1, 0.15) is 11.8 Å². The fourth-order valence-corrected chi connectivity index (χ4v) is 5.10. The molecule has 32 heavy (non-hydrogen) atoms. The van der Waals surface area contributed by atoms with Crippen LogP contribution in [0.2, 0.25) is 0 Å². The van der Waals surface area contributed by atoms with Crippen LogP contribution in [-0.2, 0) is 4.74 Å². The largest absolute Gasteiger partial charge is 0.442 e. The van der Waals surface area contributed by atoms with E-state index in [4.69, 9.17) is 9.73 Å². The number of fused-ring (bicyclic) bond motifs is 5. The van der Waals surface area contributed by atoms with E-state index in [-0.39, 0.29) is 12.0 Å². The predicted octanol–water partition coefficient (Wildman–Crippen LogP) is 5.05. The molecule has 0 amide bonds. The lowest BCUT2D eigenvalue weighted by Crippen LogP contribution is -2.43. The van der Waals surface area contributed by atoms with Gasteiger partial charge in [-0.1, -0.05) is 37.4 Å². The summed E-state index contributed by atoms with van der Waals surface area (Å²) in [7, 11) is 0. The minimum atomic E-state index is -0.0787. The molecule has 1 aromatic carbocycles. The summed E-state index contributed by atoms with van der Waals surface area (Å²) in [6.45, 7) is 19.6. The molecule has 3 aliphatic heterocycles. The van der Waals surface area contributed by atoms with Gasteiger partial charge in [0.25, 0.3) is 0 Å². The molecule has 1 aromatic heterocycles. The van der Waals surface area contributed by atoms with Gasteiger partial charge in [0.15, 0.2) is 12.1 Å². The summed E-state index contributed by atoms with van der Waals surface area (Å²) in [5.74, 6) is 1.36. The monoisotopic (exact) mass is 422 g/mol. The first-order chi connectivity index (χ1) is 15.5. The molecule has 160 valence electrons. The van der Waals surface area contributed by atoms with E-state index >= 15 is 0 Å². The number of hydrogen-bond donors (Lipinski definition) is 1. The van der Waals surface area contributed by atoms with Crippen molar-refractivity contribution in [2.45, 2.75) is 31.7 Å². The van der Waals surface area contributed by atoms with Crippen LogP contribution in [0.25, 0.3) is 11.3 Å². The fraction of sp³-hybridized carbons (Fsp3) is 0.214. The molecule has 2 aromatic rings. The number of nitrogens with zero attached hydrogens (tertiary/aromatic N) is 2. The predicted molar refractivity (Wildman–Crippen MR) is 130 cm³/mol. The van der Waals surface area contributed by atoms with E-state index in [1.165, 1.54) is 22.3 Å². The first-order valence-electron chi connectivity index (χ1n) is 11.0. The van der Waals surface area contributed by atoms with E-state index in [0.717, 1.165) is 35.5 Å². The van der Waals surface area contributed by atoms with E-state index in [1.54, 1.807) is 0 Å². The zero-order valence-electron chi connectivity index (χ0n) is 18.5. The highest BCUT2D eigenvalue weighted by Crippen LogP contribution is 2.41. The van der Waals surface area contributed by atoms with Crippen molar-refractivity contribution < 1.29 is 9.30 Å². The number of pyridine rings is 1. The molecule has 2 atom stereocenters. The van der Waals surface area contributed by atoms with Crippen molar-refractivity contribution >= 4 is 17.0 Å².